The van der Waals surface area contributed by atoms with Crippen LogP contribution in [0.5, 0.6) is 0 Å². The number of rotatable bonds is 7. The van der Waals surface area contributed by atoms with Crippen LogP contribution in [0.15, 0.2) is 4.99 Å². The van der Waals surface area contributed by atoms with Crippen LogP contribution in [0.3, 0.4) is 0 Å². The molecule has 0 aromatic heterocycles. The van der Waals surface area contributed by atoms with Crippen LogP contribution >= 0.6 is 0 Å². The number of nitrogens with zero attached hydrogens (tertiary/aromatic N) is 1. The molecule has 15 heavy (non-hydrogen) atoms. The Labute approximate surface area is 93.5 Å². The zero-order valence-electron chi connectivity index (χ0n) is 10.5. The molecular formula is C11H25N3O. The van der Waals surface area contributed by atoms with E-state index in [1.165, 1.54) is 0 Å². The normalized spacial score (nSPS) is 11.9. The monoisotopic (exact) mass is 215 g/mol. The molecule has 2 N–H and O–H groups in total. The first-order valence-corrected chi connectivity index (χ1v) is 5.73. The molecule has 0 fully saturated rings. The zero-order valence-corrected chi connectivity index (χ0v) is 10.5. The molecule has 0 rings (SSSR count). The van der Waals surface area contributed by atoms with Gasteiger partial charge < -0.3 is 15.4 Å². The second-order valence-electron chi connectivity index (χ2n) is 3.81. The fourth-order valence-corrected chi connectivity index (χ4v) is 1.09. The highest BCUT2D eigenvalue weighted by atomic mass is 16.5. The van der Waals surface area contributed by atoms with Crippen molar-refractivity contribution in [1.82, 2.24) is 10.6 Å². The van der Waals surface area contributed by atoms with E-state index in [1.54, 1.807) is 7.05 Å². The summed E-state index contributed by atoms with van der Waals surface area (Å²) in [7, 11) is 1.78. The van der Waals surface area contributed by atoms with Gasteiger partial charge in [-0.15, -0.1) is 0 Å². The first-order chi connectivity index (χ1) is 7.20. The minimum Gasteiger partial charge on any atom is -0.380 e. The van der Waals surface area contributed by atoms with Crippen LogP contribution < -0.4 is 10.6 Å². The predicted octanol–water partition coefficient (Wildman–Crippen LogP) is 1.23. The maximum absolute atomic E-state index is 5.23. The number of ether oxygens (including phenoxy) is 1. The number of guanidine groups is 1. The number of aliphatic imine (C=N–C) groups is 1. The summed E-state index contributed by atoms with van der Waals surface area (Å²) < 4.78 is 5.23. The van der Waals surface area contributed by atoms with E-state index in [0.29, 0.717) is 0 Å². The lowest BCUT2D eigenvalue weighted by Crippen LogP contribution is -2.39. The topological polar surface area (TPSA) is 45.6 Å². The second-order valence-corrected chi connectivity index (χ2v) is 3.81. The Hall–Kier alpha value is -0.770. The fraction of sp³-hybridized carbons (Fsp3) is 0.909. The second kappa shape index (κ2) is 9.77. The van der Waals surface area contributed by atoms with E-state index < -0.39 is 0 Å². The summed E-state index contributed by atoms with van der Waals surface area (Å²) in [6, 6.07) is 0. The first kappa shape index (κ1) is 14.2. The van der Waals surface area contributed by atoms with Crippen LogP contribution in [-0.2, 0) is 4.74 Å². The van der Waals surface area contributed by atoms with Gasteiger partial charge in [0.2, 0.25) is 0 Å². The predicted molar refractivity (Wildman–Crippen MR) is 65.3 cm³/mol. The van der Waals surface area contributed by atoms with Crippen LogP contribution in [-0.4, -0.2) is 39.3 Å². The Morgan fingerprint density at radius 1 is 1.27 bits per heavy atom. The highest BCUT2D eigenvalue weighted by Crippen LogP contribution is 1.95. The molecular weight excluding hydrogens is 190 g/mol. The lowest BCUT2D eigenvalue weighted by molar-refractivity contribution is 0.152. The lowest BCUT2D eigenvalue weighted by atomic mass is 10.1. The SMILES string of the molecule is CCOCCNC(=NC)NCCC(C)C. The van der Waals surface area contributed by atoms with Crippen molar-refractivity contribution in [3.05, 3.63) is 0 Å². The van der Waals surface area contributed by atoms with Gasteiger partial charge in [-0.1, -0.05) is 13.8 Å². The van der Waals surface area contributed by atoms with Crippen LogP contribution in [0, 0.1) is 5.92 Å². The molecule has 90 valence electrons. The van der Waals surface area contributed by atoms with E-state index in [9.17, 15) is 0 Å². The molecule has 0 heterocycles. The van der Waals surface area contributed by atoms with Crippen molar-refractivity contribution in [3.63, 3.8) is 0 Å². The van der Waals surface area contributed by atoms with Crippen molar-refractivity contribution in [2.75, 3.05) is 33.4 Å². The van der Waals surface area contributed by atoms with Gasteiger partial charge in [0.05, 0.1) is 6.61 Å². The Morgan fingerprint density at radius 3 is 2.47 bits per heavy atom. The summed E-state index contributed by atoms with van der Waals surface area (Å²) >= 11 is 0. The summed E-state index contributed by atoms with van der Waals surface area (Å²) in [5, 5.41) is 6.45. The molecule has 0 saturated heterocycles. The molecule has 0 aliphatic rings. The van der Waals surface area contributed by atoms with Crippen molar-refractivity contribution in [3.8, 4) is 0 Å². The van der Waals surface area contributed by atoms with E-state index in [2.05, 4.69) is 29.5 Å². The molecule has 0 radical (unpaired) electrons. The summed E-state index contributed by atoms with van der Waals surface area (Å²) in [6.07, 6.45) is 1.16. The molecule has 0 aromatic rings. The molecule has 4 nitrogen and oxygen atoms in total. The average molecular weight is 215 g/mol. The maximum Gasteiger partial charge on any atom is 0.191 e. The molecule has 0 aliphatic carbocycles. The molecule has 0 aliphatic heterocycles. The molecule has 0 saturated carbocycles. The molecule has 0 bridgehead atoms. The fourth-order valence-electron chi connectivity index (χ4n) is 1.09. The minimum atomic E-state index is 0.721. The lowest BCUT2D eigenvalue weighted by Gasteiger charge is -2.12. The zero-order chi connectivity index (χ0) is 11.5. The maximum atomic E-state index is 5.23. The minimum absolute atomic E-state index is 0.721. The number of hydrogen-bond acceptors (Lipinski definition) is 2. The smallest absolute Gasteiger partial charge is 0.191 e. The highest BCUT2D eigenvalue weighted by molar-refractivity contribution is 5.79. The van der Waals surface area contributed by atoms with E-state index in [4.69, 9.17) is 4.74 Å². The van der Waals surface area contributed by atoms with Crippen LogP contribution in [0.25, 0.3) is 0 Å². The highest BCUT2D eigenvalue weighted by Gasteiger charge is 1.97. The quantitative estimate of drug-likeness (QED) is 0.381. The van der Waals surface area contributed by atoms with Gasteiger partial charge in [0.1, 0.15) is 0 Å². The molecule has 0 unspecified atom stereocenters. The van der Waals surface area contributed by atoms with E-state index in [-0.39, 0.29) is 0 Å². The van der Waals surface area contributed by atoms with E-state index in [1.807, 2.05) is 6.92 Å². The molecule has 0 atom stereocenters. The third kappa shape index (κ3) is 9.53. The van der Waals surface area contributed by atoms with E-state index >= 15 is 0 Å². The van der Waals surface area contributed by atoms with Crippen LogP contribution in [0.2, 0.25) is 0 Å². The standard InChI is InChI=1S/C11H25N3O/c1-5-15-9-8-14-11(12-4)13-7-6-10(2)3/h10H,5-9H2,1-4H3,(H2,12,13,14). The van der Waals surface area contributed by atoms with Gasteiger partial charge in [-0.05, 0) is 19.3 Å². The summed E-state index contributed by atoms with van der Waals surface area (Å²) in [6.45, 7) is 9.68. The summed E-state index contributed by atoms with van der Waals surface area (Å²) in [4.78, 5) is 4.12. The average Bonchev–Trinajstić information content (AvgIpc) is 2.21. The van der Waals surface area contributed by atoms with Gasteiger partial charge in [-0.3, -0.25) is 4.99 Å². The largest absolute Gasteiger partial charge is 0.380 e. The molecule has 4 heteroatoms. The third-order valence-corrected chi connectivity index (χ3v) is 1.98. The van der Waals surface area contributed by atoms with Gasteiger partial charge in [0.15, 0.2) is 5.96 Å². The Bertz CT molecular complexity index is 169. The third-order valence-electron chi connectivity index (χ3n) is 1.98. The van der Waals surface area contributed by atoms with Crippen molar-refractivity contribution in [2.24, 2.45) is 10.9 Å². The van der Waals surface area contributed by atoms with E-state index in [0.717, 1.165) is 44.6 Å². The molecule has 0 spiro atoms. The van der Waals surface area contributed by atoms with Crippen molar-refractivity contribution in [2.45, 2.75) is 27.2 Å². The van der Waals surface area contributed by atoms with Gasteiger partial charge >= 0.3 is 0 Å². The van der Waals surface area contributed by atoms with Gasteiger partial charge in [0.25, 0.3) is 0 Å². The molecule has 0 amide bonds. The van der Waals surface area contributed by atoms with Crippen molar-refractivity contribution < 1.29 is 4.74 Å². The number of hydrogen-bond donors (Lipinski definition) is 2. The van der Waals surface area contributed by atoms with Crippen molar-refractivity contribution >= 4 is 5.96 Å². The van der Waals surface area contributed by atoms with Gasteiger partial charge in [-0.2, -0.15) is 0 Å². The Morgan fingerprint density at radius 2 is 1.93 bits per heavy atom. The Balaban J connectivity index is 3.48. The van der Waals surface area contributed by atoms with Gasteiger partial charge in [-0.25, -0.2) is 0 Å². The number of nitrogens with one attached hydrogen (secondary N) is 2. The van der Waals surface area contributed by atoms with Crippen LogP contribution in [0.1, 0.15) is 27.2 Å². The van der Waals surface area contributed by atoms with Crippen LogP contribution in [0.4, 0.5) is 0 Å². The van der Waals surface area contributed by atoms with Gasteiger partial charge in [0, 0.05) is 26.7 Å². The Kier molecular flexibility index (Phi) is 9.27. The molecule has 0 aromatic carbocycles. The first-order valence-electron chi connectivity index (χ1n) is 5.73. The van der Waals surface area contributed by atoms with Crippen molar-refractivity contribution in [1.29, 1.82) is 0 Å². The summed E-state index contributed by atoms with van der Waals surface area (Å²) in [5.41, 5.74) is 0. The summed E-state index contributed by atoms with van der Waals surface area (Å²) in [5.74, 6) is 1.58.